The summed E-state index contributed by atoms with van der Waals surface area (Å²) in [5, 5.41) is 9.12. The second kappa shape index (κ2) is 14.0. The number of aromatic nitrogens is 2. The first kappa shape index (κ1) is 35.2. The maximum Gasteiger partial charge on any atom is 0.333 e. The Hall–Kier alpha value is -7.25. The molecule has 10 rings (SSSR count). The largest absolute Gasteiger partial charge is 0.336 e. The Kier molecular flexibility index (Phi) is 8.52. The molecule has 7 nitrogen and oxygen atoms in total. The van der Waals surface area contributed by atoms with Crippen molar-refractivity contribution < 1.29 is 14.4 Å². The summed E-state index contributed by atoms with van der Waals surface area (Å²) in [7, 11) is 2.88. The van der Waals surface area contributed by atoms with E-state index in [2.05, 4.69) is 155 Å². The van der Waals surface area contributed by atoms with Crippen LogP contribution in [0, 0.1) is 0 Å². The van der Waals surface area contributed by atoms with Gasteiger partial charge in [-0.2, -0.15) is 0 Å². The van der Waals surface area contributed by atoms with Gasteiger partial charge in [-0.3, -0.25) is 19.4 Å². The van der Waals surface area contributed by atoms with E-state index in [9.17, 15) is 14.4 Å². The van der Waals surface area contributed by atoms with Crippen LogP contribution in [0.1, 0.15) is 24.0 Å². The summed E-state index contributed by atoms with van der Waals surface area (Å²) in [4.78, 5) is 43.1. The zero-order chi connectivity index (χ0) is 39.5. The Balaban J connectivity index is 1.19. The Morgan fingerprint density at radius 1 is 0.466 bits per heavy atom. The van der Waals surface area contributed by atoms with E-state index in [0.717, 1.165) is 53.5 Å². The lowest BCUT2D eigenvalue weighted by Gasteiger charge is -2.30. The van der Waals surface area contributed by atoms with Crippen LogP contribution in [0.5, 0.6) is 0 Å². The SMILES string of the molecule is CN1C(=O)C(=C2/C(=C\C=c3c4cccc5cccc(c54)n3Cc3ccccc3)CC/C2=C\C=c2c3cccc4cccc(c43)n2Cc2ccccc2)C(=O)N(C)C1=O. The van der Waals surface area contributed by atoms with Gasteiger partial charge in [0.05, 0.1) is 11.0 Å². The maximum absolute atomic E-state index is 14.1. The van der Waals surface area contributed by atoms with Crippen molar-refractivity contribution in [2.24, 2.45) is 0 Å². The summed E-state index contributed by atoms with van der Waals surface area (Å²) >= 11 is 0. The molecule has 0 N–H and O–H groups in total. The predicted molar refractivity (Wildman–Crippen MR) is 233 cm³/mol. The fourth-order valence-corrected chi connectivity index (χ4v) is 9.08. The van der Waals surface area contributed by atoms with Crippen molar-refractivity contribution in [1.82, 2.24) is 18.9 Å². The number of imide groups is 2. The standard InChI is InChI=1S/C51H40N4O3/c1-52-49(56)48(50(57)53(2)51(52)58)45-37(27-29-41-39-21-9-17-35-19-11-23-43(46(35)39)54(41)31-33-13-5-3-6-14-33)25-26-38(45)28-30-42-40-22-10-18-36-20-12-24-44(47(36)40)55(42)32-34-15-7-4-8-16-34/h3-24,27-30H,25-26,31-32H2,1-2H3/b37-27-,38-28+,41-29?,42-30?. The van der Waals surface area contributed by atoms with Gasteiger partial charge in [0.1, 0.15) is 5.57 Å². The van der Waals surface area contributed by atoms with E-state index >= 15 is 0 Å². The summed E-state index contributed by atoms with van der Waals surface area (Å²) < 4.78 is 4.70. The smallest absolute Gasteiger partial charge is 0.333 e. The molecule has 4 amide bonds. The first-order valence-electron chi connectivity index (χ1n) is 19.7. The van der Waals surface area contributed by atoms with E-state index in [4.69, 9.17) is 0 Å². The first-order chi connectivity index (χ1) is 28.4. The van der Waals surface area contributed by atoms with Gasteiger partial charge in [-0.15, -0.1) is 0 Å². The number of nitrogens with zero attached hydrogens (tertiary/aromatic N) is 4. The summed E-state index contributed by atoms with van der Waals surface area (Å²) in [5.41, 5.74) is 7.04. The molecule has 2 fully saturated rings. The van der Waals surface area contributed by atoms with Crippen molar-refractivity contribution in [1.29, 1.82) is 0 Å². The molecule has 1 aliphatic heterocycles. The lowest BCUT2D eigenvalue weighted by Crippen LogP contribution is -2.53. The number of likely N-dealkylation sites (N-methyl/N-ethyl adjacent to an activating group) is 2. The number of allylic oxidation sites excluding steroid dienone is 5. The second-order valence-corrected chi connectivity index (χ2v) is 15.3. The molecule has 0 atom stereocenters. The molecule has 1 aliphatic carbocycles. The third kappa shape index (κ3) is 5.69. The van der Waals surface area contributed by atoms with Crippen molar-refractivity contribution in [2.45, 2.75) is 25.9 Å². The van der Waals surface area contributed by atoms with Gasteiger partial charge in [0, 0.05) is 59.4 Å². The molecule has 7 heteroatoms. The van der Waals surface area contributed by atoms with E-state index in [1.165, 1.54) is 46.8 Å². The van der Waals surface area contributed by atoms with E-state index in [1.807, 2.05) is 12.1 Å². The normalized spacial score (nSPS) is 17.4. The molecule has 1 saturated carbocycles. The van der Waals surface area contributed by atoms with Crippen molar-refractivity contribution in [2.75, 3.05) is 14.1 Å². The molecule has 0 bridgehead atoms. The van der Waals surface area contributed by atoms with Crippen LogP contribution in [-0.2, 0) is 22.7 Å². The monoisotopic (exact) mass is 756 g/mol. The highest BCUT2D eigenvalue weighted by molar-refractivity contribution is 6.29. The molecule has 2 aromatic heterocycles. The number of carbonyl (C=O) groups excluding carboxylic acids is 3. The van der Waals surface area contributed by atoms with Gasteiger partial charge in [-0.1, -0.05) is 133 Å². The minimum atomic E-state index is -0.639. The molecule has 6 aromatic carbocycles. The highest BCUT2D eigenvalue weighted by Crippen LogP contribution is 2.40. The Bertz CT molecular complexity index is 2980. The number of urea groups is 1. The number of carbonyl (C=O) groups is 3. The second-order valence-electron chi connectivity index (χ2n) is 15.3. The van der Waals surface area contributed by atoms with Crippen LogP contribution < -0.4 is 10.7 Å². The van der Waals surface area contributed by atoms with Gasteiger partial charge in [-0.05, 0) is 75.7 Å². The van der Waals surface area contributed by atoms with Crippen LogP contribution in [0.2, 0.25) is 0 Å². The number of hydrogen-bond donors (Lipinski definition) is 0. The Morgan fingerprint density at radius 2 is 0.879 bits per heavy atom. The zero-order valence-electron chi connectivity index (χ0n) is 32.4. The van der Waals surface area contributed by atoms with Gasteiger partial charge in [0.2, 0.25) is 0 Å². The lowest BCUT2D eigenvalue weighted by molar-refractivity contribution is -0.134. The Morgan fingerprint density at radius 3 is 1.31 bits per heavy atom. The van der Waals surface area contributed by atoms with E-state index in [1.54, 1.807) is 0 Å². The molecule has 8 aromatic rings. The van der Waals surface area contributed by atoms with Gasteiger partial charge in [-0.25, -0.2) is 4.79 Å². The number of amides is 4. The first-order valence-corrected chi connectivity index (χ1v) is 19.7. The average molecular weight is 757 g/mol. The van der Waals surface area contributed by atoms with E-state index < -0.39 is 17.8 Å². The van der Waals surface area contributed by atoms with E-state index in [0.29, 0.717) is 31.5 Å². The lowest BCUT2D eigenvalue weighted by atomic mass is 9.95. The summed E-state index contributed by atoms with van der Waals surface area (Å²) in [6, 6.07) is 45.9. The van der Waals surface area contributed by atoms with Gasteiger partial charge < -0.3 is 9.13 Å². The zero-order valence-corrected chi connectivity index (χ0v) is 32.4. The van der Waals surface area contributed by atoms with Crippen LogP contribution in [0.25, 0.3) is 55.5 Å². The van der Waals surface area contributed by atoms with Crippen molar-refractivity contribution in [3.8, 4) is 0 Å². The fourth-order valence-electron chi connectivity index (χ4n) is 9.08. The molecule has 0 unspecified atom stereocenters. The summed E-state index contributed by atoms with van der Waals surface area (Å²) in [6.45, 7) is 1.36. The molecule has 3 heterocycles. The molecular weight excluding hydrogens is 717 g/mol. The minimum absolute atomic E-state index is 0.0207. The third-order valence-electron chi connectivity index (χ3n) is 11.9. The van der Waals surface area contributed by atoms with Crippen LogP contribution >= 0.6 is 0 Å². The topological polar surface area (TPSA) is 67.6 Å². The van der Waals surface area contributed by atoms with Crippen molar-refractivity contribution in [3.63, 3.8) is 0 Å². The van der Waals surface area contributed by atoms with Crippen LogP contribution in [0.4, 0.5) is 4.79 Å². The van der Waals surface area contributed by atoms with Gasteiger partial charge >= 0.3 is 6.03 Å². The summed E-state index contributed by atoms with van der Waals surface area (Å²) in [6.07, 6.45) is 9.69. The molecular formula is C51H40N4O3. The molecule has 2 aliphatic rings. The number of rotatable bonds is 6. The quantitative estimate of drug-likeness (QED) is 0.126. The third-order valence-corrected chi connectivity index (χ3v) is 11.9. The highest BCUT2D eigenvalue weighted by atomic mass is 16.2. The van der Waals surface area contributed by atoms with Gasteiger partial charge in [0.15, 0.2) is 0 Å². The fraction of sp³-hybridized carbons (Fsp3) is 0.118. The van der Waals surface area contributed by atoms with Crippen LogP contribution in [0.3, 0.4) is 0 Å². The van der Waals surface area contributed by atoms with Crippen molar-refractivity contribution >= 4 is 73.3 Å². The maximum atomic E-state index is 14.1. The molecule has 1 saturated heterocycles. The predicted octanol–water partition coefficient (Wildman–Crippen LogP) is 8.69. The number of hydrogen-bond acceptors (Lipinski definition) is 3. The minimum Gasteiger partial charge on any atom is -0.336 e. The molecule has 282 valence electrons. The molecule has 0 radical (unpaired) electrons. The average Bonchev–Trinajstić information content (AvgIpc) is 3.90. The van der Waals surface area contributed by atoms with Crippen LogP contribution in [0.15, 0.2) is 168 Å². The highest BCUT2D eigenvalue weighted by Gasteiger charge is 2.42. The molecule has 0 spiro atoms. The Labute approximate surface area is 335 Å². The number of barbiturate groups is 1. The molecule has 58 heavy (non-hydrogen) atoms. The van der Waals surface area contributed by atoms with Crippen molar-refractivity contribution in [3.05, 3.63) is 190 Å². The number of benzene rings is 6. The van der Waals surface area contributed by atoms with Crippen LogP contribution in [-0.4, -0.2) is 50.9 Å². The summed E-state index contributed by atoms with van der Waals surface area (Å²) in [5.74, 6) is -1.18. The van der Waals surface area contributed by atoms with Gasteiger partial charge in [0.25, 0.3) is 11.8 Å². The van der Waals surface area contributed by atoms with E-state index in [-0.39, 0.29) is 5.57 Å².